The van der Waals surface area contributed by atoms with E-state index >= 15 is 0 Å². The van der Waals surface area contributed by atoms with Gasteiger partial charge < -0.3 is 5.32 Å². The van der Waals surface area contributed by atoms with Crippen molar-refractivity contribution >= 4 is 22.4 Å². The maximum Gasteiger partial charge on any atom is 0.257 e. The quantitative estimate of drug-likeness (QED) is 0.905. The third kappa shape index (κ3) is 3.36. The molecule has 0 aliphatic rings. The zero-order valence-electron chi connectivity index (χ0n) is 10.6. The summed E-state index contributed by atoms with van der Waals surface area (Å²) in [6.45, 7) is 1.99. The number of aromatic nitrogens is 1. The molecule has 0 saturated heterocycles. The number of carbonyl (C=O) groups is 1. The maximum atomic E-state index is 12.8. The molecule has 1 aromatic heterocycles. The first-order chi connectivity index (χ1) is 9.10. The van der Waals surface area contributed by atoms with Gasteiger partial charge in [0.15, 0.2) is 5.13 Å². The Morgan fingerprint density at radius 3 is 2.68 bits per heavy atom. The molecule has 1 heterocycles. The van der Waals surface area contributed by atoms with Crippen LogP contribution in [0.1, 0.15) is 29.0 Å². The van der Waals surface area contributed by atoms with E-state index in [2.05, 4.69) is 15.6 Å². The summed E-state index contributed by atoms with van der Waals surface area (Å²) in [5, 5.41) is 8.19. The summed E-state index contributed by atoms with van der Waals surface area (Å²) in [4.78, 5) is 16.2. The van der Waals surface area contributed by atoms with E-state index in [1.165, 1.54) is 35.6 Å². The van der Waals surface area contributed by atoms with Crippen LogP contribution in [0.15, 0.2) is 29.6 Å². The fourth-order valence-electron chi connectivity index (χ4n) is 1.46. The molecule has 0 aliphatic heterocycles. The average molecular weight is 279 g/mol. The zero-order chi connectivity index (χ0) is 13.8. The van der Waals surface area contributed by atoms with E-state index in [0.29, 0.717) is 10.7 Å². The minimum atomic E-state index is -0.365. The third-order valence-corrected chi connectivity index (χ3v) is 3.50. The summed E-state index contributed by atoms with van der Waals surface area (Å²) in [5.41, 5.74) is 1.28. The van der Waals surface area contributed by atoms with Crippen LogP contribution in [0.4, 0.5) is 9.52 Å². The van der Waals surface area contributed by atoms with Crippen molar-refractivity contribution in [1.82, 2.24) is 10.3 Å². The van der Waals surface area contributed by atoms with Gasteiger partial charge in [-0.1, -0.05) is 0 Å². The van der Waals surface area contributed by atoms with Crippen LogP contribution in [0.2, 0.25) is 0 Å². The van der Waals surface area contributed by atoms with Gasteiger partial charge >= 0.3 is 0 Å². The standard InChI is InChI=1S/C13H14FN3OS/c1-8(15-2)11-7-19-13(16-11)17-12(18)9-3-5-10(14)6-4-9/h3-8,15H,1-2H3,(H,16,17,18). The third-order valence-electron chi connectivity index (χ3n) is 2.73. The van der Waals surface area contributed by atoms with Crippen LogP contribution >= 0.6 is 11.3 Å². The first-order valence-electron chi connectivity index (χ1n) is 5.79. The number of nitrogens with zero attached hydrogens (tertiary/aromatic N) is 1. The number of anilines is 1. The molecule has 1 amide bonds. The Kier molecular flexibility index (Phi) is 4.24. The van der Waals surface area contributed by atoms with Gasteiger partial charge in [0.1, 0.15) is 5.82 Å². The fourth-order valence-corrected chi connectivity index (χ4v) is 2.26. The van der Waals surface area contributed by atoms with Gasteiger partial charge in [0.25, 0.3) is 5.91 Å². The van der Waals surface area contributed by atoms with Crippen molar-refractivity contribution in [2.45, 2.75) is 13.0 Å². The van der Waals surface area contributed by atoms with Gasteiger partial charge in [-0.25, -0.2) is 9.37 Å². The summed E-state index contributed by atoms with van der Waals surface area (Å²) in [7, 11) is 1.85. The Hall–Kier alpha value is -1.79. The van der Waals surface area contributed by atoms with E-state index in [0.717, 1.165) is 5.69 Å². The van der Waals surface area contributed by atoms with Crippen molar-refractivity contribution in [3.8, 4) is 0 Å². The van der Waals surface area contributed by atoms with Crippen molar-refractivity contribution in [1.29, 1.82) is 0 Å². The second-order valence-electron chi connectivity index (χ2n) is 4.05. The van der Waals surface area contributed by atoms with E-state index in [9.17, 15) is 9.18 Å². The Morgan fingerprint density at radius 1 is 1.37 bits per heavy atom. The smallest absolute Gasteiger partial charge is 0.257 e. The van der Waals surface area contributed by atoms with Gasteiger partial charge in [-0.3, -0.25) is 10.1 Å². The van der Waals surface area contributed by atoms with E-state index in [1.807, 2.05) is 19.4 Å². The lowest BCUT2D eigenvalue weighted by molar-refractivity contribution is 0.102. The van der Waals surface area contributed by atoms with Gasteiger partial charge in [0, 0.05) is 17.0 Å². The molecule has 2 rings (SSSR count). The molecule has 100 valence electrons. The predicted octanol–water partition coefficient (Wildman–Crippen LogP) is 2.81. The highest BCUT2D eigenvalue weighted by Crippen LogP contribution is 2.20. The molecule has 6 heteroatoms. The Labute approximate surface area is 114 Å². The monoisotopic (exact) mass is 279 g/mol. The second kappa shape index (κ2) is 5.90. The minimum absolute atomic E-state index is 0.132. The lowest BCUT2D eigenvalue weighted by Crippen LogP contribution is -2.14. The maximum absolute atomic E-state index is 12.8. The fraction of sp³-hybridized carbons (Fsp3) is 0.231. The number of carbonyl (C=O) groups excluding carboxylic acids is 1. The van der Waals surface area contributed by atoms with Crippen LogP contribution in [0.5, 0.6) is 0 Å². The first-order valence-corrected chi connectivity index (χ1v) is 6.67. The number of halogens is 1. The largest absolute Gasteiger partial charge is 0.312 e. The zero-order valence-corrected chi connectivity index (χ0v) is 11.4. The normalized spacial score (nSPS) is 12.2. The van der Waals surface area contributed by atoms with Gasteiger partial charge in [0.05, 0.1) is 5.69 Å². The number of nitrogens with one attached hydrogen (secondary N) is 2. The Balaban J connectivity index is 2.06. The minimum Gasteiger partial charge on any atom is -0.312 e. The van der Waals surface area contributed by atoms with Gasteiger partial charge in [-0.05, 0) is 38.2 Å². The van der Waals surface area contributed by atoms with Crippen molar-refractivity contribution in [2.24, 2.45) is 0 Å². The van der Waals surface area contributed by atoms with E-state index < -0.39 is 0 Å². The molecule has 0 saturated carbocycles. The molecular formula is C13H14FN3OS. The molecule has 0 radical (unpaired) electrons. The van der Waals surface area contributed by atoms with Crippen molar-refractivity contribution in [3.05, 3.63) is 46.7 Å². The highest BCUT2D eigenvalue weighted by atomic mass is 32.1. The van der Waals surface area contributed by atoms with Gasteiger partial charge in [-0.15, -0.1) is 11.3 Å². The van der Waals surface area contributed by atoms with Crippen molar-refractivity contribution in [3.63, 3.8) is 0 Å². The van der Waals surface area contributed by atoms with Crippen LogP contribution in [0, 0.1) is 5.82 Å². The lowest BCUT2D eigenvalue weighted by atomic mass is 10.2. The molecule has 1 unspecified atom stereocenters. The van der Waals surface area contributed by atoms with Crippen molar-refractivity contribution in [2.75, 3.05) is 12.4 Å². The predicted molar refractivity (Wildman–Crippen MR) is 73.9 cm³/mol. The number of amides is 1. The molecule has 0 aliphatic carbocycles. The van der Waals surface area contributed by atoms with Crippen molar-refractivity contribution < 1.29 is 9.18 Å². The molecule has 0 fully saturated rings. The van der Waals surface area contributed by atoms with Crippen LogP contribution in [0.3, 0.4) is 0 Å². The van der Waals surface area contributed by atoms with E-state index in [1.54, 1.807) is 0 Å². The highest BCUT2D eigenvalue weighted by Gasteiger charge is 2.11. The Morgan fingerprint density at radius 2 is 2.05 bits per heavy atom. The van der Waals surface area contributed by atoms with Crippen LogP contribution in [-0.2, 0) is 0 Å². The summed E-state index contributed by atoms with van der Waals surface area (Å²) >= 11 is 1.36. The lowest BCUT2D eigenvalue weighted by Gasteiger charge is -2.05. The summed E-state index contributed by atoms with van der Waals surface area (Å²) in [6, 6.07) is 5.52. The molecule has 0 spiro atoms. The van der Waals surface area contributed by atoms with Gasteiger partial charge in [-0.2, -0.15) is 0 Å². The number of thiazole rings is 1. The summed E-state index contributed by atoms with van der Waals surface area (Å²) in [5.74, 6) is -0.658. The molecule has 1 aromatic carbocycles. The molecule has 4 nitrogen and oxygen atoms in total. The summed E-state index contributed by atoms with van der Waals surface area (Å²) < 4.78 is 12.8. The summed E-state index contributed by atoms with van der Waals surface area (Å²) in [6.07, 6.45) is 0. The van der Waals surface area contributed by atoms with E-state index in [4.69, 9.17) is 0 Å². The van der Waals surface area contributed by atoms with Crippen LogP contribution in [-0.4, -0.2) is 17.9 Å². The molecular weight excluding hydrogens is 265 g/mol. The molecule has 2 N–H and O–H groups in total. The topological polar surface area (TPSA) is 54.0 Å². The SMILES string of the molecule is CNC(C)c1csc(NC(=O)c2ccc(F)cc2)n1. The number of hydrogen-bond acceptors (Lipinski definition) is 4. The number of benzene rings is 1. The second-order valence-corrected chi connectivity index (χ2v) is 4.91. The average Bonchev–Trinajstić information content (AvgIpc) is 2.87. The molecule has 19 heavy (non-hydrogen) atoms. The highest BCUT2D eigenvalue weighted by molar-refractivity contribution is 7.14. The van der Waals surface area contributed by atoms with Crippen LogP contribution < -0.4 is 10.6 Å². The number of hydrogen-bond donors (Lipinski definition) is 2. The molecule has 2 aromatic rings. The molecule has 0 bridgehead atoms. The van der Waals surface area contributed by atoms with Gasteiger partial charge in [0.2, 0.25) is 0 Å². The molecule has 1 atom stereocenters. The first kappa shape index (κ1) is 13.6. The van der Waals surface area contributed by atoms with E-state index in [-0.39, 0.29) is 17.8 Å². The van der Waals surface area contributed by atoms with Crippen LogP contribution in [0.25, 0.3) is 0 Å². The number of rotatable bonds is 4. The Bertz CT molecular complexity index is 568.